The maximum Gasteiger partial charge on any atom is 0.149 e. The summed E-state index contributed by atoms with van der Waals surface area (Å²) in [6.45, 7) is 8.41. The Bertz CT molecular complexity index is 318. The number of hydrogen-bond donors (Lipinski definition) is 2. The summed E-state index contributed by atoms with van der Waals surface area (Å²) >= 11 is 0. The van der Waals surface area contributed by atoms with Crippen LogP contribution in [0.4, 0.5) is 11.5 Å². The van der Waals surface area contributed by atoms with Crippen LogP contribution in [0, 0.1) is 6.92 Å². The highest BCUT2D eigenvalue weighted by Gasteiger charge is 1.98. The highest BCUT2D eigenvalue weighted by molar-refractivity contribution is 5.61. The Morgan fingerprint density at radius 1 is 1.69 bits per heavy atom. The lowest BCUT2D eigenvalue weighted by molar-refractivity contribution is 1.16. The molecule has 13 heavy (non-hydrogen) atoms. The number of nitrogens with one attached hydrogen (secondary N) is 1. The van der Waals surface area contributed by atoms with Gasteiger partial charge in [0.1, 0.15) is 5.82 Å². The predicted octanol–water partition coefficient (Wildman–Crippen LogP) is 1.96. The lowest BCUT2D eigenvalue weighted by atomic mass is 10.3. The fourth-order valence-corrected chi connectivity index (χ4v) is 0.974. The van der Waals surface area contributed by atoms with Gasteiger partial charge >= 0.3 is 0 Å². The lowest BCUT2D eigenvalue weighted by Crippen LogP contribution is -2.06. The van der Waals surface area contributed by atoms with Gasteiger partial charge in [-0.1, -0.05) is 12.2 Å². The van der Waals surface area contributed by atoms with Crippen molar-refractivity contribution in [3.05, 3.63) is 30.0 Å². The SMILES string of the molecule is C=C(C)CNc1ncc(C)cc1N. The van der Waals surface area contributed by atoms with Gasteiger partial charge < -0.3 is 11.1 Å². The third-order valence-corrected chi connectivity index (χ3v) is 1.61. The van der Waals surface area contributed by atoms with Crippen molar-refractivity contribution in [1.29, 1.82) is 0 Å². The number of nitrogen functional groups attached to an aromatic ring is 1. The summed E-state index contributed by atoms with van der Waals surface area (Å²) < 4.78 is 0. The topological polar surface area (TPSA) is 50.9 Å². The maximum atomic E-state index is 5.75. The quantitative estimate of drug-likeness (QED) is 0.694. The van der Waals surface area contributed by atoms with Crippen LogP contribution in [0.15, 0.2) is 24.4 Å². The van der Waals surface area contributed by atoms with Crippen LogP contribution in [0.25, 0.3) is 0 Å². The second kappa shape index (κ2) is 3.94. The molecule has 0 aromatic carbocycles. The molecule has 0 saturated heterocycles. The molecule has 70 valence electrons. The third-order valence-electron chi connectivity index (χ3n) is 1.61. The first-order chi connectivity index (χ1) is 6.09. The van der Waals surface area contributed by atoms with Gasteiger partial charge in [0.15, 0.2) is 0 Å². The zero-order valence-corrected chi connectivity index (χ0v) is 8.09. The summed E-state index contributed by atoms with van der Waals surface area (Å²) in [6, 6.07) is 1.90. The highest BCUT2D eigenvalue weighted by atomic mass is 15.0. The normalized spacial score (nSPS) is 9.69. The largest absolute Gasteiger partial charge is 0.396 e. The summed E-state index contributed by atoms with van der Waals surface area (Å²) in [5.74, 6) is 0.730. The minimum absolute atomic E-state index is 0.682. The van der Waals surface area contributed by atoms with E-state index in [4.69, 9.17) is 5.73 Å². The van der Waals surface area contributed by atoms with Gasteiger partial charge in [0.2, 0.25) is 0 Å². The molecule has 1 heterocycles. The van der Waals surface area contributed by atoms with Crippen LogP contribution in [-0.4, -0.2) is 11.5 Å². The molecule has 3 nitrogen and oxygen atoms in total. The molecule has 1 aromatic rings. The number of hydrogen-bond acceptors (Lipinski definition) is 3. The molecule has 0 aliphatic carbocycles. The van der Waals surface area contributed by atoms with E-state index in [0.717, 1.165) is 17.0 Å². The summed E-state index contributed by atoms with van der Waals surface area (Å²) in [6.07, 6.45) is 1.79. The molecule has 0 aliphatic heterocycles. The Kier molecular flexibility index (Phi) is 2.90. The molecular weight excluding hydrogens is 162 g/mol. The van der Waals surface area contributed by atoms with Crippen molar-refractivity contribution in [3.63, 3.8) is 0 Å². The average molecular weight is 177 g/mol. The molecule has 1 aromatic heterocycles. The number of aryl methyl sites for hydroxylation is 1. The van der Waals surface area contributed by atoms with E-state index in [9.17, 15) is 0 Å². The number of rotatable bonds is 3. The van der Waals surface area contributed by atoms with Crippen LogP contribution in [0.5, 0.6) is 0 Å². The zero-order valence-electron chi connectivity index (χ0n) is 8.09. The Morgan fingerprint density at radius 3 is 2.92 bits per heavy atom. The monoisotopic (exact) mass is 177 g/mol. The van der Waals surface area contributed by atoms with Crippen molar-refractivity contribution in [1.82, 2.24) is 4.98 Å². The molecule has 0 aliphatic rings. The number of aromatic nitrogens is 1. The first kappa shape index (κ1) is 9.58. The molecule has 1 rings (SSSR count). The van der Waals surface area contributed by atoms with E-state index in [-0.39, 0.29) is 0 Å². The van der Waals surface area contributed by atoms with Crippen molar-refractivity contribution < 1.29 is 0 Å². The first-order valence-electron chi connectivity index (χ1n) is 4.20. The van der Waals surface area contributed by atoms with Gasteiger partial charge in [-0.15, -0.1) is 0 Å². The van der Waals surface area contributed by atoms with Gasteiger partial charge in [-0.3, -0.25) is 0 Å². The predicted molar refractivity (Wildman–Crippen MR) is 56.7 cm³/mol. The smallest absolute Gasteiger partial charge is 0.149 e. The van der Waals surface area contributed by atoms with Gasteiger partial charge in [-0.25, -0.2) is 4.98 Å². The van der Waals surface area contributed by atoms with E-state index in [1.807, 2.05) is 19.9 Å². The molecule has 0 bridgehead atoms. The summed E-state index contributed by atoms with van der Waals surface area (Å²) in [4.78, 5) is 4.17. The second-order valence-corrected chi connectivity index (χ2v) is 3.26. The number of pyridine rings is 1. The third kappa shape index (κ3) is 2.78. The first-order valence-corrected chi connectivity index (χ1v) is 4.20. The molecule has 0 spiro atoms. The van der Waals surface area contributed by atoms with E-state index < -0.39 is 0 Å². The summed E-state index contributed by atoms with van der Waals surface area (Å²) in [7, 11) is 0. The molecule has 0 amide bonds. The molecular formula is C10H15N3. The fourth-order valence-electron chi connectivity index (χ4n) is 0.974. The second-order valence-electron chi connectivity index (χ2n) is 3.26. The van der Waals surface area contributed by atoms with E-state index in [0.29, 0.717) is 12.2 Å². The van der Waals surface area contributed by atoms with Crippen molar-refractivity contribution in [2.24, 2.45) is 0 Å². The van der Waals surface area contributed by atoms with Crippen molar-refractivity contribution in [3.8, 4) is 0 Å². The van der Waals surface area contributed by atoms with Gasteiger partial charge in [0.25, 0.3) is 0 Å². The number of nitrogens with zero attached hydrogens (tertiary/aromatic N) is 1. The van der Waals surface area contributed by atoms with E-state index >= 15 is 0 Å². The van der Waals surface area contributed by atoms with Crippen LogP contribution in [0.3, 0.4) is 0 Å². The molecule has 0 fully saturated rings. The zero-order chi connectivity index (χ0) is 9.84. The van der Waals surface area contributed by atoms with E-state index in [2.05, 4.69) is 16.9 Å². The molecule has 0 radical (unpaired) electrons. The number of nitrogens with two attached hydrogens (primary N) is 1. The van der Waals surface area contributed by atoms with Crippen LogP contribution < -0.4 is 11.1 Å². The lowest BCUT2D eigenvalue weighted by Gasteiger charge is -2.07. The molecule has 0 atom stereocenters. The van der Waals surface area contributed by atoms with E-state index in [1.54, 1.807) is 6.20 Å². The Hall–Kier alpha value is -1.51. The molecule has 3 heteroatoms. The minimum atomic E-state index is 0.682. The van der Waals surface area contributed by atoms with E-state index in [1.165, 1.54) is 0 Å². The van der Waals surface area contributed by atoms with Gasteiger partial charge in [0, 0.05) is 12.7 Å². The highest BCUT2D eigenvalue weighted by Crippen LogP contribution is 2.15. The van der Waals surface area contributed by atoms with Crippen molar-refractivity contribution in [2.45, 2.75) is 13.8 Å². The molecule has 3 N–H and O–H groups in total. The standard InChI is InChI=1S/C10H15N3/c1-7(2)5-12-10-9(11)4-8(3)6-13-10/h4,6H,1,5,11H2,2-3H3,(H,12,13). The maximum absolute atomic E-state index is 5.75. The Labute approximate surface area is 78.7 Å². The summed E-state index contributed by atoms with van der Waals surface area (Å²) in [5, 5.41) is 3.10. The van der Waals surface area contributed by atoms with Crippen LogP contribution >= 0.6 is 0 Å². The minimum Gasteiger partial charge on any atom is -0.396 e. The average Bonchev–Trinajstić information content (AvgIpc) is 2.02. The Balaban J connectivity index is 2.72. The number of anilines is 2. The van der Waals surface area contributed by atoms with Crippen LogP contribution in [-0.2, 0) is 0 Å². The van der Waals surface area contributed by atoms with Gasteiger partial charge in [0.05, 0.1) is 5.69 Å². The van der Waals surface area contributed by atoms with Crippen molar-refractivity contribution >= 4 is 11.5 Å². The van der Waals surface area contributed by atoms with Crippen LogP contribution in [0.2, 0.25) is 0 Å². The Morgan fingerprint density at radius 2 is 2.38 bits per heavy atom. The molecule has 0 unspecified atom stereocenters. The fraction of sp³-hybridized carbons (Fsp3) is 0.300. The molecule has 0 saturated carbocycles. The summed E-state index contributed by atoms with van der Waals surface area (Å²) in [5.41, 5.74) is 8.56. The van der Waals surface area contributed by atoms with Crippen LogP contribution in [0.1, 0.15) is 12.5 Å². The van der Waals surface area contributed by atoms with Gasteiger partial charge in [-0.05, 0) is 25.5 Å². The van der Waals surface area contributed by atoms with Crippen molar-refractivity contribution in [2.75, 3.05) is 17.6 Å². The van der Waals surface area contributed by atoms with Gasteiger partial charge in [-0.2, -0.15) is 0 Å².